The normalized spacial score (nSPS) is 10.3. The molecule has 1 aromatic carbocycles. The van der Waals surface area contributed by atoms with Crippen LogP contribution in [0.4, 0.5) is 0 Å². The fourth-order valence-corrected chi connectivity index (χ4v) is 2.67. The summed E-state index contributed by atoms with van der Waals surface area (Å²) in [7, 11) is 0. The van der Waals surface area contributed by atoms with Crippen molar-refractivity contribution in [2.24, 2.45) is 0 Å². The van der Waals surface area contributed by atoms with Crippen LogP contribution in [0.15, 0.2) is 24.3 Å². The van der Waals surface area contributed by atoms with E-state index in [9.17, 15) is 4.79 Å². The number of hydrogen-bond donors (Lipinski definition) is 0. The number of carbonyl (C=O) groups excluding carboxylic acids is 1. The summed E-state index contributed by atoms with van der Waals surface area (Å²) in [6.07, 6.45) is 0.654. The Kier molecular flexibility index (Phi) is 4.58. The Morgan fingerprint density at radius 2 is 2.17 bits per heavy atom. The van der Waals surface area contributed by atoms with E-state index < -0.39 is 0 Å². The maximum absolute atomic E-state index is 10.0. The molecule has 0 amide bonds. The minimum atomic E-state index is 0.361. The summed E-state index contributed by atoms with van der Waals surface area (Å²) in [4.78, 5) is 11.1. The van der Waals surface area contributed by atoms with Crippen LogP contribution in [0.1, 0.15) is 4.88 Å². The molecule has 0 bridgehead atoms. The van der Waals surface area contributed by atoms with Crippen molar-refractivity contribution in [2.45, 2.75) is 6.42 Å². The third-order valence-electron chi connectivity index (χ3n) is 2.30. The van der Waals surface area contributed by atoms with Gasteiger partial charge < -0.3 is 4.74 Å². The number of aromatic nitrogens is 1. The summed E-state index contributed by atoms with van der Waals surface area (Å²) in [5.74, 6) is 0. The molecule has 2 rings (SSSR count). The second kappa shape index (κ2) is 6.18. The Morgan fingerprint density at radius 3 is 2.89 bits per heavy atom. The number of ether oxygens (including phenoxy) is 1. The Hall–Kier alpha value is -1.10. The predicted molar refractivity (Wildman–Crippen MR) is 73.3 cm³/mol. The number of benzene rings is 1. The Balaban J connectivity index is 2.16. The molecule has 0 fully saturated rings. The van der Waals surface area contributed by atoms with E-state index in [0.717, 1.165) is 16.1 Å². The van der Waals surface area contributed by atoms with Crippen LogP contribution in [0.3, 0.4) is 0 Å². The highest BCUT2D eigenvalue weighted by atomic mass is 35.5. The summed E-state index contributed by atoms with van der Waals surface area (Å²) in [5, 5.41) is 1.17. The van der Waals surface area contributed by atoms with Crippen molar-refractivity contribution in [2.75, 3.05) is 6.61 Å². The number of carbonyl (C=O) groups is 1. The quantitative estimate of drug-likeness (QED) is 0.622. The highest BCUT2D eigenvalue weighted by Gasteiger charge is 2.08. The van der Waals surface area contributed by atoms with Crippen molar-refractivity contribution in [1.29, 1.82) is 0 Å². The molecule has 1 aromatic heterocycles. The number of nitrogens with zero attached hydrogens (tertiary/aromatic N) is 1. The molecule has 1 heterocycles. The van der Waals surface area contributed by atoms with Crippen molar-refractivity contribution < 1.29 is 9.53 Å². The molecule has 0 aliphatic heterocycles. The molecule has 0 aliphatic rings. The van der Waals surface area contributed by atoms with Gasteiger partial charge in [-0.3, -0.25) is 4.79 Å². The van der Waals surface area contributed by atoms with Gasteiger partial charge in [0, 0.05) is 21.9 Å². The van der Waals surface area contributed by atoms with Gasteiger partial charge in [-0.1, -0.05) is 23.2 Å². The van der Waals surface area contributed by atoms with Crippen LogP contribution in [0, 0.1) is 0 Å². The van der Waals surface area contributed by atoms with Crippen LogP contribution >= 0.6 is 34.7 Å². The van der Waals surface area contributed by atoms with Gasteiger partial charge in [-0.25, -0.2) is 0 Å². The molecular weight excluding hydrogens is 293 g/mol. The zero-order chi connectivity index (χ0) is 13.0. The van der Waals surface area contributed by atoms with Crippen LogP contribution in [0.2, 0.25) is 10.0 Å². The van der Waals surface area contributed by atoms with Gasteiger partial charge in [-0.15, -0.1) is 0 Å². The first-order valence-electron chi connectivity index (χ1n) is 5.17. The van der Waals surface area contributed by atoms with E-state index in [1.807, 2.05) is 12.1 Å². The van der Waals surface area contributed by atoms with Crippen molar-refractivity contribution in [3.05, 3.63) is 39.2 Å². The average Bonchev–Trinajstić information content (AvgIpc) is 2.78. The highest BCUT2D eigenvalue weighted by Crippen LogP contribution is 2.31. The predicted octanol–water partition coefficient (Wildman–Crippen LogP) is 3.83. The van der Waals surface area contributed by atoms with Crippen LogP contribution in [0.25, 0.3) is 11.3 Å². The van der Waals surface area contributed by atoms with Gasteiger partial charge >= 0.3 is 0 Å². The van der Waals surface area contributed by atoms with Crippen molar-refractivity contribution >= 4 is 41.2 Å². The fraction of sp³-hybridized carbons (Fsp3) is 0.167. The number of halogens is 2. The third kappa shape index (κ3) is 3.22. The van der Waals surface area contributed by atoms with Crippen molar-refractivity contribution in [1.82, 2.24) is 4.37 Å². The lowest BCUT2D eigenvalue weighted by atomic mass is 10.1. The average molecular weight is 302 g/mol. The highest BCUT2D eigenvalue weighted by molar-refractivity contribution is 7.06. The molecule has 0 saturated carbocycles. The number of rotatable bonds is 5. The van der Waals surface area contributed by atoms with Gasteiger partial charge in [0.05, 0.1) is 17.3 Å². The second-order valence-electron chi connectivity index (χ2n) is 3.52. The Morgan fingerprint density at radius 1 is 1.33 bits per heavy atom. The lowest BCUT2D eigenvalue weighted by molar-refractivity contribution is -0.128. The van der Waals surface area contributed by atoms with Gasteiger partial charge in [0.2, 0.25) is 0 Å². The summed E-state index contributed by atoms with van der Waals surface area (Å²) >= 11 is 13.3. The molecule has 0 N–H and O–H groups in total. The van der Waals surface area contributed by atoms with Gasteiger partial charge in [0.1, 0.15) is 0 Å². The molecule has 0 saturated heterocycles. The topological polar surface area (TPSA) is 39.2 Å². The zero-order valence-corrected chi connectivity index (χ0v) is 11.6. The molecule has 18 heavy (non-hydrogen) atoms. The molecule has 0 aliphatic carbocycles. The molecule has 0 atom stereocenters. The molecule has 3 nitrogen and oxygen atoms in total. The van der Waals surface area contributed by atoms with Gasteiger partial charge in [-0.2, -0.15) is 4.37 Å². The Bertz CT molecular complexity index is 557. The smallest absolute Gasteiger partial charge is 0.293 e. The minimum Gasteiger partial charge on any atom is -0.468 e. The van der Waals surface area contributed by atoms with Gasteiger partial charge in [0.25, 0.3) is 6.47 Å². The molecule has 94 valence electrons. The largest absolute Gasteiger partial charge is 0.468 e. The lowest BCUT2D eigenvalue weighted by Crippen LogP contribution is -1.93. The molecule has 0 radical (unpaired) electrons. The van der Waals surface area contributed by atoms with Crippen molar-refractivity contribution in [3.8, 4) is 11.3 Å². The van der Waals surface area contributed by atoms with E-state index >= 15 is 0 Å². The van der Waals surface area contributed by atoms with E-state index in [4.69, 9.17) is 23.2 Å². The summed E-state index contributed by atoms with van der Waals surface area (Å²) < 4.78 is 8.97. The lowest BCUT2D eigenvalue weighted by Gasteiger charge is -2.00. The first kappa shape index (κ1) is 13.3. The molecule has 0 spiro atoms. The van der Waals surface area contributed by atoms with E-state index in [1.54, 1.807) is 12.1 Å². The van der Waals surface area contributed by atoms with Gasteiger partial charge in [-0.05, 0) is 35.8 Å². The molecular formula is C12H9Cl2NO2S. The van der Waals surface area contributed by atoms with Crippen LogP contribution in [0.5, 0.6) is 0 Å². The van der Waals surface area contributed by atoms with Crippen LogP contribution < -0.4 is 0 Å². The Labute approximate surface area is 118 Å². The molecule has 2 aromatic rings. The zero-order valence-electron chi connectivity index (χ0n) is 9.23. The summed E-state index contributed by atoms with van der Waals surface area (Å²) in [5.41, 5.74) is 1.66. The summed E-state index contributed by atoms with van der Waals surface area (Å²) in [6.45, 7) is 0.803. The van der Waals surface area contributed by atoms with Crippen LogP contribution in [-0.4, -0.2) is 17.5 Å². The van der Waals surface area contributed by atoms with E-state index in [0.29, 0.717) is 29.5 Å². The minimum absolute atomic E-state index is 0.361. The molecule has 0 unspecified atom stereocenters. The standard InChI is InChI=1S/C12H9Cl2NO2S/c13-8-1-2-10(11(14)5-8)12-6-9(18-15-12)3-4-17-7-16/h1-2,5-7H,3-4H2. The third-order valence-corrected chi connectivity index (χ3v) is 3.69. The van der Waals surface area contributed by atoms with E-state index in [2.05, 4.69) is 9.11 Å². The summed E-state index contributed by atoms with van der Waals surface area (Å²) in [6, 6.07) is 7.24. The first-order chi connectivity index (χ1) is 8.70. The van der Waals surface area contributed by atoms with E-state index in [-0.39, 0.29) is 0 Å². The fourth-order valence-electron chi connectivity index (χ4n) is 1.46. The van der Waals surface area contributed by atoms with Crippen molar-refractivity contribution in [3.63, 3.8) is 0 Å². The SMILES string of the molecule is O=COCCc1cc(-c2ccc(Cl)cc2Cl)ns1. The number of hydrogen-bond acceptors (Lipinski definition) is 4. The maximum Gasteiger partial charge on any atom is 0.293 e. The van der Waals surface area contributed by atoms with Gasteiger partial charge in [0.15, 0.2) is 0 Å². The second-order valence-corrected chi connectivity index (χ2v) is 5.25. The molecule has 6 heteroatoms. The maximum atomic E-state index is 10.0. The van der Waals surface area contributed by atoms with E-state index in [1.165, 1.54) is 11.5 Å². The van der Waals surface area contributed by atoms with Crippen LogP contribution in [-0.2, 0) is 16.0 Å². The first-order valence-corrected chi connectivity index (χ1v) is 6.70. The monoisotopic (exact) mass is 301 g/mol.